The maximum absolute atomic E-state index is 13.8. The van der Waals surface area contributed by atoms with Gasteiger partial charge in [-0.2, -0.15) is 0 Å². The van der Waals surface area contributed by atoms with Crippen molar-refractivity contribution in [3.63, 3.8) is 0 Å². The van der Waals surface area contributed by atoms with Crippen molar-refractivity contribution in [2.45, 2.75) is 57.2 Å². The van der Waals surface area contributed by atoms with E-state index in [1.165, 1.54) is 29.9 Å². The quantitative estimate of drug-likeness (QED) is 0.418. The van der Waals surface area contributed by atoms with Crippen LogP contribution in [0.5, 0.6) is 5.75 Å². The van der Waals surface area contributed by atoms with Crippen molar-refractivity contribution in [1.29, 1.82) is 0 Å². The van der Waals surface area contributed by atoms with E-state index in [-0.39, 0.29) is 36.6 Å². The summed E-state index contributed by atoms with van der Waals surface area (Å²) < 4.78 is 18.9. The molecule has 2 amide bonds. The second kappa shape index (κ2) is 12.0. The number of ether oxygens (including phenoxy) is 1. The van der Waals surface area contributed by atoms with Gasteiger partial charge in [0, 0.05) is 17.5 Å². The first kappa shape index (κ1) is 24.9. The number of hydrogen-bond donors (Lipinski definition) is 1. The highest BCUT2D eigenvalue weighted by Crippen LogP contribution is 2.28. The summed E-state index contributed by atoms with van der Waals surface area (Å²) in [6.45, 7) is 0.194. The van der Waals surface area contributed by atoms with Gasteiger partial charge in [0.05, 0.1) is 13.5 Å². The fraction of sp³-hybridized carbons (Fsp3) is 0.357. The maximum Gasteiger partial charge on any atom is 0.247 e. The average Bonchev–Trinajstić information content (AvgIpc) is 3.39. The van der Waals surface area contributed by atoms with E-state index < -0.39 is 6.04 Å². The normalized spacial score (nSPS) is 14.8. The van der Waals surface area contributed by atoms with E-state index in [0.717, 1.165) is 36.1 Å². The molecular formula is C28H31FN2O3S. The Bertz CT molecular complexity index is 1090. The number of thiophene rings is 1. The molecule has 35 heavy (non-hydrogen) atoms. The third-order valence-electron chi connectivity index (χ3n) is 6.44. The van der Waals surface area contributed by atoms with Crippen LogP contribution >= 0.6 is 11.3 Å². The number of amides is 2. The van der Waals surface area contributed by atoms with Crippen LogP contribution in [-0.2, 0) is 22.6 Å². The molecule has 3 aromatic rings. The van der Waals surface area contributed by atoms with Crippen molar-refractivity contribution in [3.05, 3.63) is 87.9 Å². The van der Waals surface area contributed by atoms with Gasteiger partial charge in [-0.15, -0.1) is 11.3 Å². The smallest absolute Gasteiger partial charge is 0.247 e. The Morgan fingerprint density at radius 2 is 1.77 bits per heavy atom. The lowest BCUT2D eigenvalue weighted by Crippen LogP contribution is -2.47. The third-order valence-corrected chi connectivity index (χ3v) is 7.31. The molecule has 1 aliphatic rings. The standard InChI is InChI=1S/C28H31FN2O3S/c1-34-24-15-11-21(12-16-24)27(28(33)30-23-6-3-2-4-7-23)31(19-20-9-13-22(29)14-10-20)26(32)18-25-8-5-17-35-25/h5,8-17,23,27H,2-4,6-7,18-19H2,1H3,(H,30,33). The zero-order valence-electron chi connectivity index (χ0n) is 19.9. The molecule has 1 N–H and O–H groups in total. The summed E-state index contributed by atoms with van der Waals surface area (Å²) >= 11 is 1.51. The van der Waals surface area contributed by atoms with Gasteiger partial charge in [0.2, 0.25) is 11.8 Å². The molecule has 0 radical (unpaired) electrons. The van der Waals surface area contributed by atoms with Gasteiger partial charge in [-0.05, 0) is 59.7 Å². The highest BCUT2D eigenvalue weighted by atomic mass is 32.1. The molecule has 2 aromatic carbocycles. The van der Waals surface area contributed by atoms with E-state index in [1.807, 2.05) is 29.6 Å². The molecule has 1 saturated carbocycles. The third kappa shape index (κ3) is 6.69. The topological polar surface area (TPSA) is 58.6 Å². The molecule has 7 heteroatoms. The lowest BCUT2D eigenvalue weighted by Gasteiger charge is -2.33. The number of nitrogens with zero attached hydrogens (tertiary/aromatic N) is 1. The zero-order valence-corrected chi connectivity index (χ0v) is 20.7. The average molecular weight is 495 g/mol. The second-order valence-electron chi connectivity index (χ2n) is 8.92. The number of rotatable bonds is 9. The van der Waals surface area contributed by atoms with E-state index in [9.17, 15) is 14.0 Å². The van der Waals surface area contributed by atoms with Crippen LogP contribution < -0.4 is 10.1 Å². The summed E-state index contributed by atoms with van der Waals surface area (Å²) in [7, 11) is 1.59. The molecule has 0 bridgehead atoms. The van der Waals surface area contributed by atoms with E-state index in [4.69, 9.17) is 4.74 Å². The van der Waals surface area contributed by atoms with Crippen LogP contribution in [0, 0.1) is 5.82 Å². The zero-order chi connectivity index (χ0) is 24.6. The summed E-state index contributed by atoms with van der Waals surface area (Å²) in [6.07, 6.45) is 5.46. The van der Waals surface area contributed by atoms with Gasteiger partial charge >= 0.3 is 0 Å². The molecule has 0 spiro atoms. The molecule has 184 valence electrons. The summed E-state index contributed by atoms with van der Waals surface area (Å²) in [5.74, 6) is -0.0118. The van der Waals surface area contributed by atoms with Crippen molar-refractivity contribution in [1.82, 2.24) is 10.2 Å². The number of carbonyl (C=O) groups excluding carboxylic acids is 2. The Hall–Kier alpha value is -3.19. The summed E-state index contributed by atoms with van der Waals surface area (Å²) in [5, 5.41) is 5.15. The van der Waals surface area contributed by atoms with Crippen LogP contribution in [-0.4, -0.2) is 29.9 Å². The highest BCUT2D eigenvalue weighted by molar-refractivity contribution is 7.10. The monoisotopic (exact) mass is 494 g/mol. The fourth-order valence-corrected chi connectivity index (χ4v) is 5.26. The van der Waals surface area contributed by atoms with Crippen LogP contribution in [0.15, 0.2) is 66.0 Å². The predicted molar refractivity (Wildman–Crippen MR) is 136 cm³/mol. The first-order valence-electron chi connectivity index (χ1n) is 12.0. The molecule has 0 saturated heterocycles. The number of carbonyl (C=O) groups is 2. The molecule has 0 aliphatic heterocycles. The van der Waals surface area contributed by atoms with Crippen LogP contribution in [0.1, 0.15) is 54.1 Å². The minimum Gasteiger partial charge on any atom is -0.497 e. The number of methoxy groups -OCH3 is 1. The van der Waals surface area contributed by atoms with E-state index in [2.05, 4.69) is 5.32 Å². The Morgan fingerprint density at radius 3 is 2.40 bits per heavy atom. The predicted octanol–water partition coefficient (Wildman–Crippen LogP) is 5.66. The molecule has 1 aliphatic carbocycles. The minimum absolute atomic E-state index is 0.108. The van der Waals surface area contributed by atoms with Gasteiger partial charge in [-0.1, -0.05) is 49.6 Å². The lowest BCUT2D eigenvalue weighted by molar-refractivity contribution is -0.141. The Labute approximate surface area is 209 Å². The SMILES string of the molecule is COc1ccc(C(C(=O)NC2CCCCC2)N(Cc2ccc(F)cc2)C(=O)Cc2cccs2)cc1. The number of benzene rings is 2. The molecule has 4 rings (SSSR count). The van der Waals surface area contributed by atoms with E-state index >= 15 is 0 Å². The van der Waals surface area contributed by atoms with Gasteiger partial charge in [0.25, 0.3) is 0 Å². The Morgan fingerprint density at radius 1 is 1.06 bits per heavy atom. The highest BCUT2D eigenvalue weighted by Gasteiger charge is 2.33. The van der Waals surface area contributed by atoms with Gasteiger partial charge in [-0.3, -0.25) is 9.59 Å². The molecular weight excluding hydrogens is 463 g/mol. The second-order valence-corrected chi connectivity index (χ2v) is 9.96. The fourth-order valence-electron chi connectivity index (χ4n) is 4.56. The molecule has 1 aromatic heterocycles. The van der Waals surface area contributed by atoms with Crippen LogP contribution in [0.3, 0.4) is 0 Å². The Balaban J connectivity index is 1.69. The number of nitrogens with one attached hydrogen (secondary N) is 1. The summed E-state index contributed by atoms with van der Waals surface area (Å²) in [5.41, 5.74) is 1.47. The molecule has 1 atom stereocenters. The van der Waals surface area contributed by atoms with Gasteiger partial charge in [0.1, 0.15) is 17.6 Å². The minimum atomic E-state index is -0.819. The van der Waals surface area contributed by atoms with Gasteiger partial charge in [0.15, 0.2) is 0 Å². The molecule has 1 heterocycles. The van der Waals surface area contributed by atoms with Crippen LogP contribution in [0.4, 0.5) is 4.39 Å². The van der Waals surface area contributed by atoms with Crippen molar-refractivity contribution in [2.24, 2.45) is 0 Å². The number of hydrogen-bond acceptors (Lipinski definition) is 4. The maximum atomic E-state index is 13.8. The first-order valence-corrected chi connectivity index (χ1v) is 12.9. The lowest BCUT2D eigenvalue weighted by atomic mass is 9.94. The van der Waals surface area contributed by atoms with Gasteiger partial charge in [-0.25, -0.2) is 4.39 Å². The molecule has 1 unspecified atom stereocenters. The first-order chi connectivity index (χ1) is 17.0. The largest absolute Gasteiger partial charge is 0.497 e. The van der Waals surface area contributed by atoms with Crippen molar-refractivity contribution >= 4 is 23.2 Å². The van der Waals surface area contributed by atoms with Crippen molar-refractivity contribution < 1.29 is 18.7 Å². The van der Waals surface area contributed by atoms with Gasteiger partial charge < -0.3 is 15.0 Å². The van der Waals surface area contributed by atoms with Crippen LogP contribution in [0.25, 0.3) is 0 Å². The summed E-state index contributed by atoms with van der Waals surface area (Å²) in [4.78, 5) is 30.0. The molecule has 1 fully saturated rings. The summed E-state index contributed by atoms with van der Waals surface area (Å²) in [6, 6.07) is 16.5. The van der Waals surface area contributed by atoms with Crippen molar-refractivity contribution in [3.8, 4) is 5.75 Å². The Kier molecular flexibility index (Phi) is 8.53. The van der Waals surface area contributed by atoms with Crippen LogP contribution in [0.2, 0.25) is 0 Å². The van der Waals surface area contributed by atoms with E-state index in [1.54, 1.807) is 36.3 Å². The van der Waals surface area contributed by atoms with Crippen molar-refractivity contribution in [2.75, 3.05) is 7.11 Å². The molecule has 5 nitrogen and oxygen atoms in total. The number of halogens is 1. The van der Waals surface area contributed by atoms with E-state index in [0.29, 0.717) is 11.3 Å².